The van der Waals surface area contributed by atoms with E-state index in [4.69, 9.17) is 0 Å². The number of para-hydroxylation sites is 1. The normalized spacial score (nSPS) is 10.9. The van der Waals surface area contributed by atoms with Gasteiger partial charge in [0.2, 0.25) is 0 Å². The van der Waals surface area contributed by atoms with E-state index in [9.17, 15) is 0 Å². The predicted octanol–water partition coefficient (Wildman–Crippen LogP) is 2.15. The second-order valence-electron chi connectivity index (χ2n) is 4.81. The van der Waals surface area contributed by atoms with E-state index in [1.54, 1.807) is 4.68 Å². The minimum Gasteiger partial charge on any atom is -0.363 e. The molecule has 108 valence electrons. The fourth-order valence-corrected chi connectivity index (χ4v) is 2.28. The van der Waals surface area contributed by atoms with Crippen LogP contribution < -0.4 is 5.32 Å². The zero-order chi connectivity index (χ0) is 14.8. The number of hydrogen-bond acceptors (Lipinski definition) is 5. The molecular formula is C15H13N7. The largest absolute Gasteiger partial charge is 0.363 e. The van der Waals surface area contributed by atoms with Crippen LogP contribution in [0.2, 0.25) is 0 Å². The molecule has 0 saturated heterocycles. The van der Waals surface area contributed by atoms with Gasteiger partial charge in [-0.2, -0.15) is 4.68 Å². The third-order valence-corrected chi connectivity index (χ3v) is 3.37. The molecule has 3 aromatic heterocycles. The Hall–Kier alpha value is -3.22. The highest BCUT2D eigenvalue weighted by Crippen LogP contribution is 2.14. The van der Waals surface area contributed by atoms with Gasteiger partial charge in [0.1, 0.15) is 11.5 Å². The van der Waals surface area contributed by atoms with Gasteiger partial charge in [-0.05, 0) is 40.8 Å². The van der Waals surface area contributed by atoms with Crippen LogP contribution in [0.25, 0.3) is 16.7 Å². The first-order valence-electron chi connectivity index (χ1n) is 6.91. The predicted molar refractivity (Wildman–Crippen MR) is 82.6 cm³/mol. The van der Waals surface area contributed by atoms with Crippen LogP contribution in [0.1, 0.15) is 5.82 Å². The Morgan fingerprint density at radius 1 is 1.05 bits per heavy atom. The van der Waals surface area contributed by atoms with Crippen LogP contribution >= 0.6 is 0 Å². The summed E-state index contributed by atoms with van der Waals surface area (Å²) < 4.78 is 1.71. The Morgan fingerprint density at radius 3 is 2.86 bits per heavy atom. The molecule has 0 saturated carbocycles. The lowest BCUT2D eigenvalue weighted by Gasteiger charge is -2.06. The second kappa shape index (κ2) is 5.28. The van der Waals surface area contributed by atoms with E-state index in [0.717, 1.165) is 28.4 Å². The van der Waals surface area contributed by atoms with E-state index in [-0.39, 0.29) is 0 Å². The Bertz CT molecular complexity index is 894. The summed E-state index contributed by atoms with van der Waals surface area (Å²) in [6.45, 7) is 0.487. The van der Waals surface area contributed by atoms with Crippen LogP contribution in [-0.4, -0.2) is 30.2 Å². The van der Waals surface area contributed by atoms with Gasteiger partial charge >= 0.3 is 0 Å². The summed E-state index contributed by atoms with van der Waals surface area (Å²) in [5.74, 6) is 1.50. The second-order valence-corrected chi connectivity index (χ2v) is 4.81. The molecule has 7 heteroatoms. The van der Waals surface area contributed by atoms with E-state index in [1.807, 2.05) is 54.7 Å². The molecule has 0 spiro atoms. The lowest BCUT2D eigenvalue weighted by molar-refractivity contribution is 0.768. The average molecular weight is 291 g/mol. The van der Waals surface area contributed by atoms with Crippen molar-refractivity contribution in [1.29, 1.82) is 0 Å². The van der Waals surface area contributed by atoms with Gasteiger partial charge in [-0.1, -0.05) is 18.2 Å². The van der Waals surface area contributed by atoms with Gasteiger partial charge in [0.05, 0.1) is 12.2 Å². The van der Waals surface area contributed by atoms with E-state index in [1.165, 1.54) is 0 Å². The molecule has 0 aliphatic carbocycles. The number of fused-ring (bicyclic) bond motifs is 1. The van der Waals surface area contributed by atoms with Crippen molar-refractivity contribution in [2.45, 2.75) is 6.54 Å². The lowest BCUT2D eigenvalue weighted by Crippen LogP contribution is -2.09. The number of aromatic nitrogens is 6. The summed E-state index contributed by atoms with van der Waals surface area (Å²) >= 11 is 0. The summed E-state index contributed by atoms with van der Waals surface area (Å²) in [5, 5.41) is 16.2. The summed E-state index contributed by atoms with van der Waals surface area (Å²) in [5.41, 5.74) is 1.78. The number of pyridine rings is 1. The number of H-pyrrole nitrogens is 1. The third kappa shape index (κ3) is 2.28. The molecule has 0 aliphatic rings. The Balaban J connectivity index is 1.56. The van der Waals surface area contributed by atoms with E-state index in [0.29, 0.717) is 6.54 Å². The molecule has 3 heterocycles. The highest BCUT2D eigenvalue weighted by Gasteiger charge is 2.08. The van der Waals surface area contributed by atoms with Gasteiger partial charge in [0.15, 0.2) is 5.82 Å². The summed E-state index contributed by atoms with van der Waals surface area (Å²) in [4.78, 5) is 7.59. The average Bonchev–Trinajstić information content (AvgIpc) is 3.22. The highest BCUT2D eigenvalue weighted by molar-refractivity contribution is 5.77. The number of tetrazole rings is 1. The van der Waals surface area contributed by atoms with Gasteiger partial charge in [-0.15, -0.1) is 5.10 Å². The summed E-state index contributed by atoms with van der Waals surface area (Å²) in [7, 11) is 0. The quantitative estimate of drug-likeness (QED) is 0.602. The van der Waals surface area contributed by atoms with Crippen LogP contribution in [0.4, 0.5) is 5.82 Å². The number of hydrogen-bond donors (Lipinski definition) is 2. The Labute approximate surface area is 126 Å². The fraction of sp³-hybridized carbons (Fsp3) is 0.0667. The lowest BCUT2D eigenvalue weighted by atomic mass is 10.3. The first kappa shape index (κ1) is 12.5. The maximum Gasteiger partial charge on any atom is 0.175 e. The van der Waals surface area contributed by atoms with Crippen molar-refractivity contribution >= 4 is 16.9 Å². The van der Waals surface area contributed by atoms with Crippen LogP contribution in [0.15, 0.2) is 54.7 Å². The molecule has 0 atom stereocenters. The minimum atomic E-state index is 0.487. The summed E-state index contributed by atoms with van der Waals surface area (Å²) in [6.07, 6.45) is 1.87. The number of anilines is 1. The molecule has 0 fully saturated rings. The molecule has 0 amide bonds. The molecule has 0 aliphatic heterocycles. The van der Waals surface area contributed by atoms with Gasteiger partial charge < -0.3 is 10.3 Å². The first-order valence-corrected chi connectivity index (χ1v) is 6.91. The molecular weight excluding hydrogens is 278 g/mol. The number of aromatic amines is 1. The maximum atomic E-state index is 4.49. The van der Waals surface area contributed by atoms with Crippen molar-refractivity contribution in [3.05, 3.63) is 60.6 Å². The number of nitrogens with one attached hydrogen (secondary N) is 2. The van der Waals surface area contributed by atoms with E-state index in [2.05, 4.69) is 30.8 Å². The van der Waals surface area contributed by atoms with Crippen molar-refractivity contribution in [3.8, 4) is 5.69 Å². The summed E-state index contributed by atoms with van der Waals surface area (Å²) in [6, 6.07) is 15.7. The minimum absolute atomic E-state index is 0.487. The number of benzene rings is 1. The van der Waals surface area contributed by atoms with Crippen molar-refractivity contribution in [2.24, 2.45) is 0 Å². The molecule has 7 nitrogen and oxygen atoms in total. The molecule has 4 aromatic rings. The molecule has 2 N–H and O–H groups in total. The molecule has 0 unspecified atom stereocenters. The SMILES string of the molecule is c1ccc(-n2nnnc2CNc2ccc3cc[nH]c3n2)cc1. The topological polar surface area (TPSA) is 84.3 Å². The van der Waals surface area contributed by atoms with Crippen molar-refractivity contribution < 1.29 is 0 Å². The highest BCUT2D eigenvalue weighted by atomic mass is 15.5. The Morgan fingerprint density at radius 2 is 1.95 bits per heavy atom. The molecule has 1 aromatic carbocycles. The van der Waals surface area contributed by atoms with Crippen molar-refractivity contribution in [2.75, 3.05) is 5.32 Å². The zero-order valence-corrected chi connectivity index (χ0v) is 11.6. The molecule has 22 heavy (non-hydrogen) atoms. The Kier molecular flexibility index (Phi) is 3.01. The maximum absolute atomic E-state index is 4.49. The van der Waals surface area contributed by atoms with Gasteiger partial charge in [0.25, 0.3) is 0 Å². The van der Waals surface area contributed by atoms with Crippen molar-refractivity contribution in [3.63, 3.8) is 0 Å². The standard InChI is InChI=1S/C15H13N7/c1-2-4-12(5-3-1)22-14(19-20-21-22)10-17-13-7-6-11-8-9-16-15(11)18-13/h1-9H,10H2,(H2,16,17,18). The fourth-order valence-electron chi connectivity index (χ4n) is 2.28. The molecule has 4 rings (SSSR count). The molecule has 0 bridgehead atoms. The van der Waals surface area contributed by atoms with E-state index < -0.39 is 0 Å². The van der Waals surface area contributed by atoms with Crippen LogP contribution in [0, 0.1) is 0 Å². The van der Waals surface area contributed by atoms with Crippen LogP contribution in [0.3, 0.4) is 0 Å². The van der Waals surface area contributed by atoms with E-state index >= 15 is 0 Å². The van der Waals surface area contributed by atoms with Crippen LogP contribution in [0.5, 0.6) is 0 Å². The van der Waals surface area contributed by atoms with Crippen molar-refractivity contribution in [1.82, 2.24) is 30.2 Å². The first-order chi connectivity index (χ1) is 10.9. The van der Waals surface area contributed by atoms with Gasteiger partial charge in [0, 0.05) is 11.6 Å². The van der Waals surface area contributed by atoms with Gasteiger partial charge in [-0.25, -0.2) is 4.98 Å². The number of rotatable bonds is 4. The smallest absolute Gasteiger partial charge is 0.175 e. The molecule has 0 radical (unpaired) electrons. The number of nitrogens with zero attached hydrogens (tertiary/aromatic N) is 5. The monoisotopic (exact) mass is 291 g/mol. The van der Waals surface area contributed by atoms with Gasteiger partial charge in [-0.3, -0.25) is 0 Å². The van der Waals surface area contributed by atoms with Crippen LogP contribution in [-0.2, 0) is 6.54 Å². The third-order valence-electron chi connectivity index (χ3n) is 3.37. The zero-order valence-electron chi connectivity index (χ0n) is 11.6.